The first kappa shape index (κ1) is 12.5. The molecule has 0 atom stereocenters. The normalized spacial score (nSPS) is 10.6. The number of nitrogens with zero attached hydrogens (tertiary/aromatic N) is 2. The van der Waals surface area contributed by atoms with Gasteiger partial charge in [0, 0.05) is 6.92 Å². The van der Waals surface area contributed by atoms with Crippen molar-refractivity contribution in [1.29, 1.82) is 0 Å². The highest BCUT2D eigenvalue weighted by Crippen LogP contribution is 2.32. The molecular formula is C10H8Cl3N3O. The molecule has 1 heterocycles. The highest BCUT2D eigenvalue weighted by molar-refractivity contribution is 6.44. The molecule has 0 saturated heterocycles. The third-order valence-corrected chi connectivity index (χ3v) is 3.05. The van der Waals surface area contributed by atoms with Gasteiger partial charge in [-0.25, -0.2) is 0 Å². The Morgan fingerprint density at radius 3 is 2.53 bits per heavy atom. The number of hydrogen-bond donors (Lipinski definition) is 1. The summed E-state index contributed by atoms with van der Waals surface area (Å²) in [7, 11) is 0. The molecule has 0 radical (unpaired) electrons. The molecule has 1 aromatic heterocycles. The summed E-state index contributed by atoms with van der Waals surface area (Å²) in [6.07, 6.45) is 0. The van der Waals surface area contributed by atoms with Crippen LogP contribution in [0.25, 0.3) is 0 Å². The maximum absolute atomic E-state index is 6.00. The van der Waals surface area contributed by atoms with Crippen molar-refractivity contribution in [2.24, 2.45) is 0 Å². The average Bonchev–Trinajstić information content (AvgIpc) is 2.68. The minimum atomic E-state index is 0.398. The van der Waals surface area contributed by atoms with Gasteiger partial charge in [-0.3, -0.25) is 0 Å². The van der Waals surface area contributed by atoms with Crippen LogP contribution in [0.5, 0.6) is 0 Å². The van der Waals surface area contributed by atoms with Crippen molar-refractivity contribution in [3.63, 3.8) is 0 Å². The molecule has 0 bridgehead atoms. The molecule has 0 amide bonds. The smallest absolute Gasteiger partial charge is 0.223 e. The number of aromatic nitrogens is 2. The molecule has 0 aliphatic carbocycles. The summed E-state index contributed by atoms with van der Waals surface area (Å²) in [4.78, 5) is 4.05. The molecule has 0 fully saturated rings. The van der Waals surface area contributed by atoms with Gasteiger partial charge in [0.15, 0.2) is 5.82 Å². The largest absolute Gasteiger partial charge is 0.376 e. The van der Waals surface area contributed by atoms with Crippen molar-refractivity contribution in [1.82, 2.24) is 10.1 Å². The third-order valence-electron chi connectivity index (χ3n) is 2.02. The topological polar surface area (TPSA) is 51.0 Å². The molecule has 0 spiro atoms. The predicted molar refractivity (Wildman–Crippen MR) is 67.8 cm³/mol. The highest BCUT2D eigenvalue weighted by Gasteiger charge is 2.07. The van der Waals surface area contributed by atoms with Crippen LogP contribution >= 0.6 is 34.8 Å². The minimum absolute atomic E-state index is 0.398. The molecular weight excluding hydrogens is 284 g/mol. The second kappa shape index (κ2) is 5.12. The molecule has 7 heteroatoms. The Balaban J connectivity index is 2.11. The molecule has 0 aliphatic rings. The summed E-state index contributed by atoms with van der Waals surface area (Å²) in [5.41, 5.74) is 0.670. The van der Waals surface area contributed by atoms with Gasteiger partial charge in [0.1, 0.15) is 0 Å². The molecule has 0 saturated carbocycles. The fraction of sp³-hybridized carbons (Fsp3) is 0.200. The van der Waals surface area contributed by atoms with Crippen LogP contribution in [-0.2, 0) is 6.54 Å². The van der Waals surface area contributed by atoms with Crippen molar-refractivity contribution in [2.75, 3.05) is 5.32 Å². The zero-order valence-corrected chi connectivity index (χ0v) is 11.1. The molecule has 2 aromatic rings. The van der Waals surface area contributed by atoms with E-state index in [9.17, 15) is 0 Å². The fourth-order valence-electron chi connectivity index (χ4n) is 1.25. The molecule has 17 heavy (non-hydrogen) atoms. The number of rotatable bonds is 3. The maximum Gasteiger partial charge on any atom is 0.223 e. The van der Waals surface area contributed by atoms with Crippen molar-refractivity contribution >= 4 is 40.5 Å². The van der Waals surface area contributed by atoms with Crippen molar-refractivity contribution in [3.05, 3.63) is 38.9 Å². The lowest BCUT2D eigenvalue weighted by Crippen LogP contribution is -2.01. The Hall–Kier alpha value is -0.970. The van der Waals surface area contributed by atoms with Gasteiger partial charge in [-0.05, 0) is 12.1 Å². The van der Waals surface area contributed by atoms with E-state index in [0.717, 1.165) is 0 Å². The van der Waals surface area contributed by atoms with Crippen LogP contribution in [0.4, 0.5) is 5.69 Å². The van der Waals surface area contributed by atoms with E-state index in [4.69, 9.17) is 39.3 Å². The molecule has 1 aromatic carbocycles. The number of benzene rings is 1. The Morgan fingerprint density at radius 1 is 1.18 bits per heavy atom. The summed E-state index contributed by atoms with van der Waals surface area (Å²) in [6, 6.07) is 3.23. The fourth-order valence-corrected chi connectivity index (χ4v) is 1.86. The van der Waals surface area contributed by atoms with Crippen LogP contribution in [0, 0.1) is 6.92 Å². The van der Waals surface area contributed by atoms with E-state index in [1.54, 1.807) is 19.1 Å². The number of hydrogen-bond acceptors (Lipinski definition) is 4. The standard InChI is InChI=1S/C10H8Cl3N3O/c1-5-15-10(16-17-5)4-14-9-3-7(12)6(11)2-8(9)13/h2-3,14H,4H2,1H3. The van der Waals surface area contributed by atoms with E-state index in [0.29, 0.717) is 39.0 Å². The number of halogens is 3. The Morgan fingerprint density at radius 2 is 1.88 bits per heavy atom. The molecule has 90 valence electrons. The molecule has 0 unspecified atom stereocenters. The Kier molecular flexibility index (Phi) is 3.76. The van der Waals surface area contributed by atoms with Gasteiger partial charge in [-0.1, -0.05) is 40.0 Å². The summed E-state index contributed by atoms with van der Waals surface area (Å²) >= 11 is 17.7. The van der Waals surface area contributed by atoms with Crippen molar-refractivity contribution in [3.8, 4) is 0 Å². The zero-order valence-electron chi connectivity index (χ0n) is 8.80. The third kappa shape index (κ3) is 3.03. The summed E-state index contributed by atoms with van der Waals surface area (Å²) in [5.74, 6) is 1.06. The Labute approximate surface area is 113 Å². The lowest BCUT2D eigenvalue weighted by Gasteiger charge is -2.07. The van der Waals surface area contributed by atoms with E-state index < -0.39 is 0 Å². The van der Waals surface area contributed by atoms with Gasteiger partial charge in [0.05, 0.1) is 27.3 Å². The van der Waals surface area contributed by atoms with Crippen LogP contribution in [-0.4, -0.2) is 10.1 Å². The van der Waals surface area contributed by atoms with E-state index in [2.05, 4.69) is 15.5 Å². The van der Waals surface area contributed by atoms with Gasteiger partial charge in [-0.2, -0.15) is 4.98 Å². The quantitative estimate of drug-likeness (QED) is 0.870. The predicted octanol–water partition coefficient (Wildman–Crippen LogP) is 3.95. The average molecular weight is 293 g/mol. The minimum Gasteiger partial charge on any atom is -0.376 e. The van der Waals surface area contributed by atoms with Crippen LogP contribution < -0.4 is 5.32 Å². The second-order valence-corrected chi connectivity index (χ2v) is 4.55. The van der Waals surface area contributed by atoms with E-state index in [1.807, 2.05) is 0 Å². The number of anilines is 1. The monoisotopic (exact) mass is 291 g/mol. The van der Waals surface area contributed by atoms with E-state index in [-0.39, 0.29) is 0 Å². The van der Waals surface area contributed by atoms with Crippen LogP contribution in [0.15, 0.2) is 16.7 Å². The molecule has 2 rings (SSSR count). The molecule has 4 nitrogen and oxygen atoms in total. The summed E-state index contributed by atoms with van der Waals surface area (Å²) in [6.45, 7) is 2.12. The first-order valence-corrected chi connectivity index (χ1v) is 5.87. The van der Waals surface area contributed by atoms with Crippen molar-refractivity contribution < 1.29 is 4.52 Å². The zero-order chi connectivity index (χ0) is 12.4. The first-order chi connectivity index (χ1) is 8.06. The summed E-state index contributed by atoms with van der Waals surface area (Å²) < 4.78 is 4.84. The van der Waals surface area contributed by atoms with Crippen LogP contribution in [0.3, 0.4) is 0 Å². The van der Waals surface area contributed by atoms with Crippen LogP contribution in [0.1, 0.15) is 11.7 Å². The van der Waals surface area contributed by atoms with Gasteiger partial charge < -0.3 is 9.84 Å². The van der Waals surface area contributed by atoms with Gasteiger partial charge in [0.2, 0.25) is 5.89 Å². The molecule has 1 N–H and O–H groups in total. The lowest BCUT2D eigenvalue weighted by atomic mass is 10.3. The SMILES string of the molecule is Cc1nc(CNc2cc(Cl)c(Cl)cc2Cl)no1. The Bertz CT molecular complexity index is 542. The maximum atomic E-state index is 6.00. The van der Waals surface area contributed by atoms with E-state index >= 15 is 0 Å². The van der Waals surface area contributed by atoms with Gasteiger partial charge in [0.25, 0.3) is 0 Å². The number of nitrogens with one attached hydrogen (secondary N) is 1. The van der Waals surface area contributed by atoms with Gasteiger partial charge >= 0.3 is 0 Å². The van der Waals surface area contributed by atoms with Crippen LogP contribution in [0.2, 0.25) is 15.1 Å². The van der Waals surface area contributed by atoms with Crippen molar-refractivity contribution in [2.45, 2.75) is 13.5 Å². The summed E-state index contributed by atoms with van der Waals surface area (Å²) in [5, 5.41) is 8.13. The van der Waals surface area contributed by atoms with E-state index in [1.165, 1.54) is 0 Å². The lowest BCUT2D eigenvalue weighted by molar-refractivity contribution is 0.388. The molecule has 0 aliphatic heterocycles. The number of aryl methyl sites for hydroxylation is 1. The first-order valence-electron chi connectivity index (χ1n) is 4.74. The highest BCUT2D eigenvalue weighted by atomic mass is 35.5. The van der Waals surface area contributed by atoms with Gasteiger partial charge in [-0.15, -0.1) is 0 Å². The second-order valence-electron chi connectivity index (χ2n) is 3.33.